The van der Waals surface area contributed by atoms with Crippen molar-refractivity contribution in [2.24, 2.45) is 0 Å². The zero-order valence-corrected chi connectivity index (χ0v) is 12.6. The van der Waals surface area contributed by atoms with Crippen LogP contribution >= 0.6 is 11.3 Å². The minimum atomic E-state index is 0.158. The Kier molecular flexibility index (Phi) is 6.29. The van der Waals surface area contributed by atoms with Crippen molar-refractivity contribution >= 4 is 17.2 Å². The Balaban J connectivity index is 2.46. The van der Waals surface area contributed by atoms with Crippen LogP contribution in [-0.2, 0) is 17.8 Å². The van der Waals surface area contributed by atoms with E-state index in [1.807, 2.05) is 26.5 Å². The fraction of sp³-hybridized carbons (Fsp3) is 0.692. The Hall–Kier alpha value is -0.940. The summed E-state index contributed by atoms with van der Waals surface area (Å²) in [5, 5.41) is 3.06. The molecule has 4 nitrogen and oxygen atoms in total. The van der Waals surface area contributed by atoms with Crippen LogP contribution in [0.15, 0.2) is 5.38 Å². The molecule has 0 unspecified atom stereocenters. The summed E-state index contributed by atoms with van der Waals surface area (Å²) >= 11 is 1.63. The Bertz CT molecular complexity index is 376. The molecule has 18 heavy (non-hydrogen) atoms. The molecule has 0 saturated carbocycles. The number of likely N-dealkylation sites (N-methyl/N-ethyl adjacent to an activating group) is 1. The highest BCUT2D eigenvalue weighted by molar-refractivity contribution is 7.09. The number of carbonyl (C=O) groups is 1. The second-order valence-corrected chi connectivity index (χ2v) is 5.76. The first-order chi connectivity index (χ1) is 8.52. The number of amides is 1. The molecule has 0 aromatic carbocycles. The normalized spacial score (nSPS) is 10.9. The molecule has 0 aliphatic carbocycles. The fourth-order valence-electron chi connectivity index (χ4n) is 1.58. The predicted octanol–water partition coefficient (Wildman–Crippen LogP) is 2.01. The van der Waals surface area contributed by atoms with Crippen LogP contribution in [0.5, 0.6) is 0 Å². The van der Waals surface area contributed by atoms with Crippen molar-refractivity contribution in [2.45, 2.75) is 32.7 Å². The van der Waals surface area contributed by atoms with Crippen LogP contribution in [0.3, 0.4) is 0 Å². The molecule has 0 atom stereocenters. The summed E-state index contributed by atoms with van der Waals surface area (Å²) < 4.78 is 0. The van der Waals surface area contributed by atoms with Crippen molar-refractivity contribution in [1.82, 2.24) is 14.8 Å². The van der Waals surface area contributed by atoms with Crippen LogP contribution < -0.4 is 0 Å². The molecule has 1 heterocycles. The lowest BCUT2D eigenvalue weighted by molar-refractivity contribution is -0.129. The highest BCUT2D eigenvalue weighted by atomic mass is 32.1. The maximum Gasteiger partial charge on any atom is 0.228 e. The summed E-state index contributed by atoms with van der Waals surface area (Å²) in [5.74, 6) is 0.158. The first-order valence-electron chi connectivity index (χ1n) is 6.35. The summed E-state index contributed by atoms with van der Waals surface area (Å²) in [6.45, 7) is 3.81. The molecule has 5 heteroatoms. The van der Waals surface area contributed by atoms with Gasteiger partial charge in [-0.15, -0.1) is 11.3 Å². The smallest absolute Gasteiger partial charge is 0.228 e. The molecule has 102 valence electrons. The third-order valence-electron chi connectivity index (χ3n) is 2.66. The molecule has 0 saturated heterocycles. The summed E-state index contributed by atoms with van der Waals surface area (Å²) in [6, 6.07) is 0. The second-order valence-electron chi connectivity index (χ2n) is 4.82. The number of hydrogen-bond donors (Lipinski definition) is 0. The maximum atomic E-state index is 11.9. The molecule has 0 N–H and O–H groups in total. The van der Waals surface area contributed by atoms with Gasteiger partial charge in [-0.2, -0.15) is 0 Å². The van der Waals surface area contributed by atoms with E-state index < -0.39 is 0 Å². The largest absolute Gasteiger partial charge is 0.345 e. The Labute approximate surface area is 114 Å². The summed E-state index contributed by atoms with van der Waals surface area (Å²) in [4.78, 5) is 20.3. The predicted molar refractivity (Wildman–Crippen MR) is 75.8 cm³/mol. The Morgan fingerprint density at radius 2 is 2.11 bits per heavy atom. The summed E-state index contributed by atoms with van der Waals surface area (Å²) in [5.41, 5.74) is 0.894. The van der Waals surface area contributed by atoms with Crippen LogP contribution in [0.4, 0.5) is 0 Å². The summed E-state index contributed by atoms with van der Waals surface area (Å²) in [6.07, 6.45) is 2.59. The number of thiazole rings is 1. The molecule has 0 aliphatic rings. The number of hydrogen-bond acceptors (Lipinski definition) is 4. The molecule has 0 aliphatic heterocycles. The quantitative estimate of drug-likeness (QED) is 0.759. The SMILES string of the molecule is CCCCN(C)C(=O)Cc1csc(CN(C)C)n1. The molecule has 0 fully saturated rings. The van der Waals surface area contributed by atoms with Crippen molar-refractivity contribution in [3.05, 3.63) is 16.1 Å². The lowest BCUT2D eigenvalue weighted by Gasteiger charge is -2.15. The van der Waals surface area contributed by atoms with E-state index in [4.69, 9.17) is 0 Å². The van der Waals surface area contributed by atoms with E-state index in [-0.39, 0.29) is 5.91 Å². The van der Waals surface area contributed by atoms with Crippen LogP contribution in [0.2, 0.25) is 0 Å². The van der Waals surface area contributed by atoms with E-state index in [9.17, 15) is 4.79 Å². The topological polar surface area (TPSA) is 36.4 Å². The second kappa shape index (κ2) is 7.48. The molecule has 1 aromatic rings. The van der Waals surface area contributed by atoms with Crippen LogP contribution in [0, 0.1) is 0 Å². The number of carbonyl (C=O) groups excluding carboxylic acids is 1. The zero-order valence-electron chi connectivity index (χ0n) is 11.8. The van der Waals surface area contributed by atoms with E-state index in [2.05, 4.69) is 16.8 Å². The standard InChI is InChI=1S/C13H23N3OS/c1-5-6-7-16(4)13(17)8-11-10-18-12(14-11)9-15(2)3/h10H,5-9H2,1-4H3. The third kappa shape index (κ3) is 5.14. The average Bonchev–Trinajstić information content (AvgIpc) is 2.72. The minimum Gasteiger partial charge on any atom is -0.345 e. The monoisotopic (exact) mass is 269 g/mol. The van der Waals surface area contributed by atoms with Crippen molar-refractivity contribution < 1.29 is 4.79 Å². The van der Waals surface area contributed by atoms with E-state index in [0.29, 0.717) is 6.42 Å². The third-order valence-corrected chi connectivity index (χ3v) is 3.54. The van der Waals surface area contributed by atoms with E-state index in [0.717, 1.165) is 36.6 Å². The summed E-state index contributed by atoms with van der Waals surface area (Å²) in [7, 11) is 5.90. The molecular weight excluding hydrogens is 246 g/mol. The number of rotatable bonds is 7. The minimum absolute atomic E-state index is 0.158. The van der Waals surface area contributed by atoms with Crippen LogP contribution in [0.1, 0.15) is 30.5 Å². The van der Waals surface area contributed by atoms with Gasteiger partial charge in [0.05, 0.1) is 12.1 Å². The molecule has 0 radical (unpaired) electrons. The van der Waals surface area contributed by atoms with Gasteiger partial charge in [-0.1, -0.05) is 13.3 Å². The molecule has 1 amide bonds. The molecule has 0 bridgehead atoms. The van der Waals surface area contributed by atoms with Gasteiger partial charge in [-0.3, -0.25) is 4.79 Å². The van der Waals surface area contributed by atoms with Crippen molar-refractivity contribution in [1.29, 1.82) is 0 Å². The highest BCUT2D eigenvalue weighted by Gasteiger charge is 2.11. The van der Waals surface area contributed by atoms with Gasteiger partial charge in [0.25, 0.3) is 0 Å². The van der Waals surface area contributed by atoms with Gasteiger partial charge in [-0.25, -0.2) is 4.98 Å². The van der Waals surface area contributed by atoms with Gasteiger partial charge in [0, 0.05) is 25.5 Å². The lowest BCUT2D eigenvalue weighted by Crippen LogP contribution is -2.29. The highest BCUT2D eigenvalue weighted by Crippen LogP contribution is 2.12. The molecule has 1 rings (SSSR count). The van der Waals surface area contributed by atoms with Gasteiger partial charge in [-0.05, 0) is 20.5 Å². The van der Waals surface area contributed by atoms with Gasteiger partial charge < -0.3 is 9.80 Å². The first kappa shape index (κ1) is 15.1. The maximum absolute atomic E-state index is 11.9. The van der Waals surface area contributed by atoms with Crippen LogP contribution in [0.25, 0.3) is 0 Å². The number of unbranched alkanes of at least 4 members (excludes halogenated alkanes) is 1. The van der Waals surface area contributed by atoms with E-state index in [1.54, 1.807) is 16.2 Å². The van der Waals surface area contributed by atoms with Gasteiger partial charge in [0.2, 0.25) is 5.91 Å². The van der Waals surface area contributed by atoms with Gasteiger partial charge in [0.1, 0.15) is 5.01 Å². The Morgan fingerprint density at radius 3 is 2.72 bits per heavy atom. The van der Waals surface area contributed by atoms with Crippen molar-refractivity contribution in [2.75, 3.05) is 27.7 Å². The fourth-order valence-corrected chi connectivity index (χ4v) is 2.49. The van der Waals surface area contributed by atoms with Crippen molar-refractivity contribution in [3.63, 3.8) is 0 Å². The van der Waals surface area contributed by atoms with E-state index in [1.165, 1.54) is 0 Å². The molecular formula is C13H23N3OS. The van der Waals surface area contributed by atoms with Crippen LogP contribution in [-0.4, -0.2) is 48.4 Å². The van der Waals surface area contributed by atoms with Gasteiger partial charge in [0.15, 0.2) is 0 Å². The Morgan fingerprint density at radius 1 is 1.39 bits per heavy atom. The van der Waals surface area contributed by atoms with Gasteiger partial charge >= 0.3 is 0 Å². The first-order valence-corrected chi connectivity index (χ1v) is 7.22. The van der Waals surface area contributed by atoms with E-state index >= 15 is 0 Å². The lowest BCUT2D eigenvalue weighted by atomic mass is 10.2. The zero-order chi connectivity index (χ0) is 13.5. The molecule has 1 aromatic heterocycles. The number of aromatic nitrogens is 1. The molecule has 0 spiro atoms. The van der Waals surface area contributed by atoms with Crippen molar-refractivity contribution in [3.8, 4) is 0 Å². The number of nitrogens with zero attached hydrogens (tertiary/aromatic N) is 3. The average molecular weight is 269 g/mol.